The number of esters is 1. The number of carbonyl (C=O) groups is 1. The van der Waals surface area contributed by atoms with Crippen molar-refractivity contribution < 1.29 is 19.0 Å². The first-order chi connectivity index (χ1) is 9.74. The van der Waals surface area contributed by atoms with Crippen LogP contribution in [0.25, 0.3) is 0 Å². The molecule has 2 atom stereocenters. The van der Waals surface area contributed by atoms with Crippen LogP contribution in [0.4, 0.5) is 5.69 Å². The predicted octanol–water partition coefficient (Wildman–Crippen LogP) is 2.08. The molecule has 20 heavy (non-hydrogen) atoms. The van der Waals surface area contributed by atoms with Gasteiger partial charge < -0.3 is 19.5 Å². The molecule has 0 saturated carbocycles. The number of carbonyl (C=O) groups excluding carboxylic acids is 1. The van der Waals surface area contributed by atoms with Crippen molar-refractivity contribution in [2.75, 3.05) is 32.8 Å². The van der Waals surface area contributed by atoms with Gasteiger partial charge in [-0.25, -0.2) is 4.79 Å². The Morgan fingerprint density at radius 3 is 2.65 bits per heavy atom. The first-order valence-corrected chi connectivity index (χ1v) is 6.80. The van der Waals surface area contributed by atoms with Gasteiger partial charge in [0.15, 0.2) is 0 Å². The second-order valence-corrected chi connectivity index (χ2v) is 4.85. The molecule has 2 rings (SSSR count). The van der Waals surface area contributed by atoms with Gasteiger partial charge in [-0.05, 0) is 37.1 Å². The summed E-state index contributed by atoms with van der Waals surface area (Å²) in [6, 6.07) is 7.10. The monoisotopic (exact) mass is 279 g/mol. The van der Waals surface area contributed by atoms with Gasteiger partial charge in [0.1, 0.15) is 11.8 Å². The molecule has 0 amide bonds. The summed E-state index contributed by atoms with van der Waals surface area (Å²) in [5, 5.41) is 3.24. The number of hydrogen-bond donors (Lipinski definition) is 1. The molecule has 0 aromatic heterocycles. The van der Waals surface area contributed by atoms with Crippen molar-refractivity contribution in [2.24, 2.45) is 5.92 Å². The quantitative estimate of drug-likeness (QED) is 0.836. The molecule has 0 radical (unpaired) electrons. The Labute approximate surface area is 119 Å². The lowest BCUT2D eigenvalue weighted by atomic mass is 9.93. The van der Waals surface area contributed by atoms with Gasteiger partial charge in [-0.1, -0.05) is 0 Å². The fraction of sp³-hybridized carbons (Fsp3) is 0.533. The van der Waals surface area contributed by atoms with E-state index in [1.807, 2.05) is 24.3 Å². The van der Waals surface area contributed by atoms with E-state index >= 15 is 0 Å². The minimum Gasteiger partial charge on any atom is -0.497 e. The van der Waals surface area contributed by atoms with E-state index in [9.17, 15) is 4.79 Å². The topological polar surface area (TPSA) is 56.8 Å². The zero-order valence-corrected chi connectivity index (χ0v) is 11.9. The standard InChI is InChI=1S/C15H21NO4/c1-18-13-7-5-12(6-8-13)16-14(15(17)19-2)11-4-3-9-20-10-11/h5-8,11,14,16H,3-4,9-10H2,1-2H3. The smallest absolute Gasteiger partial charge is 0.328 e. The molecule has 1 saturated heterocycles. The van der Waals surface area contributed by atoms with E-state index in [0.717, 1.165) is 30.9 Å². The molecule has 1 aromatic carbocycles. The Bertz CT molecular complexity index is 426. The minimum atomic E-state index is -0.381. The fourth-order valence-corrected chi connectivity index (χ4v) is 2.39. The number of hydrogen-bond acceptors (Lipinski definition) is 5. The molecule has 1 aliphatic rings. The number of benzene rings is 1. The highest BCUT2D eigenvalue weighted by Gasteiger charge is 2.30. The van der Waals surface area contributed by atoms with E-state index in [2.05, 4.69) is 5.32 Å². The van der Waals surface area contributed by atoms with Crippen LogP contribution < -0.4 is 10.1 Å². The van der Waals surface area contributed by atoms with Gasteiger partial charge in [0.05, 0.1) is 20.8 Å². The molecule has 0 spiro atoms. The van der Waals surface area contributed by atoms with Gasteiger partial charge in [-0.2, -0.15) is 0 Å². The molecule has 5 heteroatoms. The summed E-state index contributed by atoms with van der Waals surface area (Å²) in [5.74, 6) is 0.667. The molecule has 1 heterocycles. The van der Waals surface area contributed by atoms with E-state index in [1.54, 1.807) is 7.11 Å². The molecule has 1 fully saturated rings. The molecule has 5 nitrogen and oxygen atoms in total. The fourth-order valence-electron chi connectivity index (χ4n) is 2.39. The van der Waals surface area contributed by atoms with Crippen molar-refractivity contribution in [3.63, 3.8) is 0 Å². The maximum Gasteiger partial charge on any atom is 0.328 e. The van der Waals surface area contributed by atoms with Crippen LogP contribution in [0.3, 0.4) is 0 Å². The van der Waals surface area contributed by atoms with Crippen LogP contribution in [0.2, 0.25) is 0 Å². The maximum atomic E-state index is 12.0. The summed E-state index contributed by atoms with van der Waals surface area (Å²) < 4.78 is 15.5. The third-order valence-electron chi connectivity index (χ3n) is 3.53. The van der Waals surface area contributed by atoms with Crippen LogP contribution >= 0.6 is 0 Å². The number of ether oxygens (including phenoxy) is 3. The Balaban J connectivity index is 2.07. The summed E-state index contributed by atoms with van der Waals surface area (Å²) in [6.45, 7) is 1.36. The van der Waals surface area contributed by atoms with Crippen molar-refractivity contribution in [2.45, 2.75) is 18.9 Å². The van der Waals surface area contributed by atoms with E-state index in [0.29, 0.717) is 6.61 Å². The average Bonchev–Trinajstić information content (AvgIpc) is 2.53. The Morgan fingerprint density at radius 2 is 2.10 bits per heavy atom. The van der Waals surface area contributed by atoms with Gasteiger partial charge in [0.25, 0.3) is 0 Å². The molecule has 110 valence electrons. The Hall–Kier alpha value is -1.75. The number of nitrogens with one attached hydrogen (secondary N) is 1. The van der Waals surface area contributed by atoms with Gasteiger partial charge in [0.2, 0.25) is 0 Å². The first kappa shape index (κ1) is 14.7. The van der Waals surface area contributed by atoms with Crippen LogP contribution in [-0.4, -0.2) is 39.4 Å². The minimum absolute atomic E-state index is 0.137. The lowest BCUT2D eigenvalue weighted by molar-refractivity contribution is -0.144. The predicted molar refractivity (Wildman–Crippen MR) is 76.0 cm³/mol. The van der Waals surface area contributed by atoms with E-state index in [4.69, 9.17) is 14.2 Å². The lowest BCUT2D eigenvalue weighted by Crippen LogP contribution is -2.41. The van der Waals surface area contributed by atoms with E-state index < -0.39 is 0 Å². The Morgan fingerprint density at radius 1 is 1.35 bits per heavy atom. The highest BCUT2D eigenvalue weighted by Crippen LogP contribution is 2.23. The number of anilines is 1. The highest BCUT2D eigenvalue weighted by molar-refractivity contribution is 5.79. The van der Waals surface area contributed by atoms with Gasteiger partial charge in [-0.3, -0.25) is 0 Å². The second kappa shape index (κ2) is 7.14. The number of rotatable bonds is 5. The van der Waals surface area contributed by atoms with Crippen LogP contribution in [-0.2, 0) is 14.3 Å². The summed E-state index contributed by atoms with van der Waals surface area (Å²) in [7, 11) is 3.04. The average molecular weight is 279 g/mol. The molecule has 1 aliphatic heterocycles. The van der Waals surface area contributed by atoms with E-state index in [1.165, 1.54) is 7.11 Å². The van der Waals surface area contributed by atoms with Crippen LogP contribution in [0.1, 0.15) is 12.8 Å². The summed E-state index contributed by atoms with van der Waals surface area (Å²) in [5.41, 5.74) is 0.867. The SMILES string of the molecule is COC(=O)C(Nc1ccc(OC)cc1)C1CCCOC1. The lowest BCUT2D eigenvalue weighted by Gasteiger charge is -2.29. The van der Waals surface area contributed by atoms with Crippen molar-refractivity contribution in [3.8, 4) is 5.75 Å². The molecular weight excluding hydrogens is 258 g/mol. The normalized spacial score (nSPS) is 20.0. The largest absolute Gasteiger partial charge is 0.497 e. The van der Waals surface area contributed by atoms with Crippen LogP contribution in [0.5, 0.6) is 5.75 Å². The molecule has 1 aromatic rings. The summed E-state index contributed by atoms with van der Waals surface area (Å²) >= 11 is 0. The third kappa shape index (κ3) is 3.63. The first-order valence-electron chi connectivity index (χ1n) is 6.80. The van der Waals surface area contributed by atoms with Gasteiger partial charge >= 0.3 is 5.97 Å². The van der Waals surface area contributed by atoms with E-state index in [-0.39, 0.29) is 17.9 Å². The van der Waals surface area contributed by atoms with Crippen molar-refractivity contribution >= 4 is 11.7 Å². The van der Waals surface area contributed by atoms with Crippen LogP contribution in [0.15, 0.2) is 24.3 Å². The van der Waals surface area contributed by atoms with Gasteiger partial charge in [-0.15, -0.1) is 0 Å². The molecule has 0 aliphatic carbocycles. The summed E-state index contributed by atoms with van der Waals surface area (Å²) in [4.78, 5) is 12.0. The molecule has 1 N–H and O–H groups in total. The Kier molecular flexibility index (Phi) is 5.24. The van der Waals surface area contributed by atoms with Crippen molar-refractivity contribution in [1.29, 1.82) is 0 Å². The van der Waals surface area contributed by atoms with Crippen LogP contribution in [0, 0.1) is 5.92 Å². The van der Waals surface area contributed by atoms with Crippen molar-refractivity contribution in [3.05, 3.63) is 24.3 Å². The maximum absolute atomic E-state index is 12.0. The summed E-state index contributed by atoms with van der Waals surface area (Å²) in [6.07, 6.45) is 1.94. The molecular formula is C15H21NO4. The zero-order valence-electron chi connectivity index (χ0n) is 11.9. The van der Waals surface area contributed by atoms with Gasteiger partial charge in [0, 0.05) is 18.2 Å². The second-order valence-electron chi connectivity index (χ2n) is 4.85. The molecule has 0 bridgehead atoms. The van der Waals surface area contributed by atoms with Crippen molar-refractivity contribution in [1.82, 2.24) is 0 Å². The third-order valence-corrected chi connectivity index (χ3v) is 3.53. The number of methoxy groups -OCH3 is 2. The molecule has 2 unspecified atom stereocenters. The zero-order chi connectivity index (χ0) is 14.4. The highest BCUT2D eigenvalue weighted by atomic mass is 16.5.